The molecule has 0 bridgehead atoms. The number of nitroso groups, excluding NO2 is 1. The fourth-order valence-corrected chi connectivity index (χ4v) is 1.80. The Kier molecular flexibility index (Phi) is 4.57. The van der Waals surface area contributed by atoms with E-state index in [2.05, 4.69) is 5.18 Å². The molecule has 0 aromatic heterocycles. The maximum Gasteiger partial charge on any atom is 0.341 e. The highest BCUT2D eigenvalue weighted by Gasteiger charge is 2.19. The number of carbonyl (C=O) groups is 1. The van der Waals surface area contributed by atoms with Crippen LogP contribution in [0.25, 0.3) is 0 Å². The molecule has 2 aromatic carbocycles. The number of benzene rings is 2. The first-order valence-electron chi connectivity index (χ1n) is 6.05. The molecule has 0 spiro atoms. The van der Waals surface area contributed by atoms with Gasteiger partial charge >= 0.3 is 5.97 Å². The van der Waals surface area contributed by atoms with Gasteiger partial charge in [0.25, 0.3) is 0 Å². The summed E-state index contributed by atoms with van der Waals surface area (Å²) in [6.07, 6.45) is -0.775. The van der Waals surface area contributed by atoms with Gasteiger partial charge in [-0.25, -0.2) is 4.79 Å². The Labute approximate surface area is 115 Å². The monoisotopic (exact) mass is 271 g/mol. The molecule has 5 heteroatoms. The van der Waals surface area contributed by atoms with Gasteiger partial charge in [-0.05, 0) is 22.9 Å². The lowest BCUT2D eigenvalue weighted by Crippen LogP contribution is -2.15. The van der Waals surface area contributed by atoms with Gasteiger partial charge in [-0.15, -0.1) is 4.91 Å². The van der Waals surface area contributed by atoms with Crippen molar-refractivity contribution in [1.29, 1.82) is 0 Å². The lowest BCUT2D eigenvalue weighted by molar-refractivity contribution is 0.0133. The smallest absolute Gasteiger partial charge is 0.341 e. The van der Waals surface area contributed by atoms with E-state index in [1.165, 1.54) is 12.1 Å². The Morgan fingerprint density at radius 1 is 1.10 bits per heavy atom. The zero-order valence-corrected chi connectivity index (χ0v) is 10.6. The quantitative estimate of drug-likeness (QED) is 0.670. The van der Waals surface area contributed by atoms with Crippen LogP contribution in [0.15, 0.2) is 59.8 Å². The average molecular weight is 271 g/mol. The van der Waals surface area contributed by atoms with E-state index >= 15 is 0 Å². The van der Waals surface area contributed by atoms with Crippen molar-refractivity contribution in [2.24, 2.45) is 5.18 Å². The highest BCUT2D eigenvalue weighted by Crippen LogP contribution is 2.23. The van der Waals surface area contributed by atoms with E-state index in [-0.39, 0.29) is 17.9 Å². The summed E-state index contributed by atoms with van der Waals surface area (Å²) in [4.78, 5) is 22.7. The van der Waals surface area contributed by atoms with E-state index < -0.39 is 12.1 Å². The Balaban J connectivity index is 2.20. The average Bonchev–Trinajstić information content (AvgIpc) is 2.53. The van der Waals surface area contributed by atoms with Crippen molar-refractivity contribution in [3.63, 3.8) is 0 Å². The zero-order valence-electron chi connectivity index (χ0n) is 10.6. The van der Waals surface area contributed by atoms with E-state index in [9.17, 15) is 14.8 Å². The number of carbonyl (C=O) groups excluding carboxylic acids is 1. The Hall–Kier alpha value is -2.53. The first-order chi connectivity index (χ1) is 9.76. The number of esters is 1. The predicted molar refractivity (Wildman–Crippen MR) is 73.6 cm³/mol. The minimum absolute atomic E-state index is 0.0160. The van der Waals surface area contributed by atoms with Crippen molar-refractivity contribution in [3.05, 3.63) is 70.6 Å². The molecule has 1 N–H and O–H groups in total. The van der Waals surface area contributed by atoms with Gasteiger partial charge in [0.15, 0.2) is 6.10 Å². The summed E-state index contributed by atoms with van der Waals surface area (Å²) in [7, 11) is 0. The second kappa shape index (κ2) is 6.58. The first kappa shape index (κ1) is 13.9. The largest absolute Gasteiger partial charge is 0.451 e. The van der Waals surface area contributed by atoms with Crippen molar-refractivity contribution in [2.45, 2.75) is 6.10 Å². The lowest BCUT2D eigenvalue weighted by Gasteiger charge is -2.16. The number of aliphatic hydroxyl groups excluding tert-OH is 1. The third-order valence-electron chi connectivity index (χ3n) is 2.81. The van der Waals surface area contributed by atoms with Crippen molar-refractivity contribution in [1.82, 2.24) is 0 Å². The van der Waals surface area contributed by atoms with Crippen LogP contribution in [0, 0.1) is 4.91 Å². The molecule has 2 aromatic rings. The summed E-state index contributed by atoms with van der Waals surface area (Å²) in [6, 6.07) is 15.0. The topological polar surface area (TPSA) is 76.0 Å². The van der Waals surface area contributed by atoms with Crippen LogP contribution in [0.4, 0.5) is 5.69 Å². The van der Waals surface area contributed by atoms with Gasteiger partial charge in [0.1, 0.15) is 5.69 Å². The first-order valence-corrected chi connectivity index (χ1v) is 6.05. The van der Waals surface area contributed by atoms with Crippen molar-refractivity contribution in [2.75, 3.05) is 6.61 Å². The lowest BCUT2D eigenvalue weighted by atomic mass is 10.1. The van der Waals surface area contributed by atoms with Crippen LogP contribution in [-0.2, 0) is 4.74 Å². The van der Waals surface area contributed by atoms with Crippen LogP contribution in [0.3, 0.4) is 0 Å². The summed E-state index contributed by atoms with van der Waals surface area (Å²) < 4.78 is 5.23. The molecule has 0 fully saturated rings. The van der Waals surface area contributed by atoms with Crippen LogP contribution in [0.5, 0.6) is 0 Å². The fourth-order valence-electron chi connectivity index (χ4n) is 1.80. The zero-order chi connectivity index (χ0) is 14.4. The van der Waals surface area contributed by atoms with Gasteiger partial charge < -0.3 is 9.84 Å². The summed E-state index contributed by atoms with van der Waals surface area (Å²) in [5.74, 6) is -0.692. The molecule has 1 atom stereocenters. The third-order valence-corrected chi connectivity index (χ3v) is 2.81. The molecule has 0 aliphatic heterocycles. The maximum absolute atomic E-state index is 12.0. The number of hydrogen-bond donors (Lipinski definition) is 1. The van der Waals surface area contributed by atoms with E-state index in [4.69, 9.17) is 4.74 Å². The molecule has 5 nitrogen and oxygen atoms in total. The van der Waals surface area contributed by atoms with Crippen LogP contribution in [0.2, 0.25) is 0 Å². The predicted octanol–water partition coefficient (Wildman–Crippen LogP) is 2.97. The summed E-state index contributed by atoms with van der Waals surface area (Å²) in [5.41, 5.74) is 0.777. The second-order valence-electron chi connectivity index (χ2n) is 4.10. The van der Waals surface area contributed by atoms with E-state index in [0.717, 1.165) is 0 Å². The fraction of sp³-hybridized carbons (Fsp3) is 0.133. The normalized spacial score (nSPS) is 11.7. The van der Waals surface area contributed by atoms with Crippen molar-refractivity contribution < 1.29 is 14.6 Å². The van der Waals surface area contributed by atoms with Crippen LogP contribution >= 0.6 is 0 Å². The number of hydrogen-bond acceptors (Lipinski definition) is 5. The summed E-state index contributed by atoms with van der Waals surface area (Å²) >= 11 is 0. The van der Waals surface area contributed by atoms with Crippen LogP contribution in [0.1, 0.15) is 22.0 Å². The van der Waals surface area contributed by atoms with E-state index in [1.54, 1.807) is 36.4 Å². The minimum atomic E-state index is -0.775. The number of aliphatic hydroxyl groups is 1. The van der Waals surface area contributed by atoms with Gasteiger partial charge in [-0.3, -0.25) is 0 Å². The highest BCUT2D eigenvalue weighted by molar-refractivity contribution is 5.94. The molecule has 0 amide bonds. The number of nitrogens with zero attached hydrogens (tertiary/aromatic N) is 1. The molecular formula is C15H13NO4. The molecule has 1 unspecified atom stereocenters. The van der Waals surface area contributed by atoms with Crippen molar-refractivity contribution in [3.8, 4) is 0 Å². The van der Waals surface area contributed by atoms with Crippen molar-refractivity contribution >= 4 is 11.7 Å². The summed E-state index contributed by atoms with van der Waals surface area (Å²) in [5, 5.41) is 12.1. The van der Waals surface area contributed by atoms with E-state index in [0.29, 0.717) is 5.56 Å². The third kappa shape index (κ3) is 3.07. The molecule has 0 radical (unpaired) electrons. The Bertz CT molecular complexity index is 598. The van der Waals surface area contributed by atoms with E-state index in [1.807, 2.05) is 6.07 Å². The molecule has 20 heavy (non-hydrogen) atoms. The molecule has 2 rings (SSSR count). The molecule has 0 saturated heterocycles. The maximum atomic E-state index is 12.0. The highest BCUT2D eigenvalue weighted by atomic mass is 16.6. The van der Waals surface area contributed by atoms with Gasteiger partial charge in [0.05, 0.1) is 12.2 Å². The number of ether oxygens (including phenoxy) is 1. The minimum Gasteiger partial charge on any atom is -0.451 e. The molecule has 0 aliphatic carbocycles. The van der Waals surface area contributed by atoms with Gasteiger partial charge in [0.2, 0.25) is 0 Å². The molecule has 0 heterocycles. The second-order valence-corrected chi connectivity index (χ2v) is 4.10. The SMILES string of the molecule is O=Nc1ccccc1C(=O)OC(CO)c1ccccc1. The van der Waals surface area contributed by atoms with Gasteiger partial charge in [-0.2, -0.15) is 0 Å². The van der Waals surface area contributed by atoms with Crippen LogP contribution < -0.4 is 0 Å². The molecule has 0 saturated carbocycles. The molecule has 102 valence electrons. The molecule has 0 aliphatic rings. The molecular weight excluding hydrogens is 258 g/mol. The Morgan fingerprint density at radius 2 is 1.75 bits per heavy atom. The van der Waals surface area contributed by atoms with Crippen LogP contribution in [-0.4, -0.2) is 17.7 Å². The van der Waals surface area contributed by atoms with Gasteiger partial charge in [0, 0.05) is 0 Å². The van der Waals surface area contributed by atoms with Gasteiger partial charge in [-0.1, -0.05) is 42.5 Å². The number of rotatable bonds is 5. The Morgan fingerprint density at radius 3 is 2.40 bits per heavy atom. The summed E-state index contributed by atoms with van der Waals surface area (Å²) in [6.45, 7) is -0.341. The standard InChI is InChI=1S/C15H13NO4/c17-10-14(11-6-2-1-3-7-11)20-15(18)12-8-4-5-9-13(12)16-19/h1-9,14,17H,10H2.